The molecular weight excluding hydrogens is 230 g/mol. The second-order valence-electron chi connectivity index (χ2n) is 6.02. The third-order valence-corrected chi connectivity index (χ3v) is 3.21. The van der Waals surface area contributed by atoms with Gasteiger partial charge in [-0.1, -0.05) is 67.8 Å². The van der Waals surface area contributed by atoms with Gasteiger partial charge in [0.1, 0.15) is 15.7 Å². The van der Waals surface area contributed by atoms with Crippen molar-refractivity contribution in [1.82, 2.24) is 0 Å². The number of Topliss-reactive ketones (excluding diaryl/α,β-unsaturated/α-hetero) is 1. The van der Waals surface area contributed by atoms with Crippen LogP contribution in [-0.2, 0) is 0 Å². The molecule has 0 aliphatic rings. The van der Waals surface area contributed by atoms with Gasteiger partial charge in [0.25, 0.3) is 0 Å². The van der Waals surface area contributed by atoms with Gasteiger partial charge in [-0.2, -0.15) is 0 Å². The van der Waals surface area contributed by atoms with Crippen molar-refractivity contribution < 1.29 is 4.79 Å². The molecule has 0 unspecified atom stereocenters. The van der Waals surface area contributed by atoms with Gasteiger partial charge < -0.3 is 0 Å². The van der Waals surface area contributed by atoms with Crippen molar-refractivity contribution in [2.24, 2.45) is 0 Å². The van der Waals surface area contributed by atoms with Crippen molar-refractivity contribution in [3.05, 3.63) is 54.1 Å². The summed E-state index contributed by atoms with van der Waals surface area (Å²) in [5.74, 6) is 0.183. The fourth-order valence-corrected chi connectivity index (χ4v) is 1.99. The maximum atomic E-state index is 12.2. The Morgan fingerprint density at radius 1 is 0.895 bits per heavy atom. The van der Waals surface area contributed by atoms with Gasteiger partial charge in [0.15, 0.2) is 5.78 Å². The molecule has 0 aliphatic heterocycles. The van der Waals surface area contributed by atoms with Crippen LogP contribution < -0.4 is 5.46 Å². The highest BCUT2D eigenvalue weighted by Crippen LogP contribution is 2.26. The van der Waals surface area contributed by atoms with Crippen LogP contribution in [0.15, 0.2) is 48.5 Å². The number of ketones is 1. The van der Waals surface area contributed by atoms with E-state index in [-0.39, 0.29) is 11.1 Å². The van der Waals surface area contributed by atoms with Gasteiger partial charge in [-0.25, -0.2) is 0 Å². The summed E-state index contributed by atoms with van der Waals surface area (Å²) < 4.78 is 0. The molecule has 2 aromatic carbocycles. The number of hydrogen-bond donors (Lipinski definition) is 0. The molecule has 19 heavy (non-hydrogen) atoms. The molecule has 0 aromatic heterocycles. The molecule has 2 aromatic rings. The third kappa shape index (κ3) is 3.17. The topological polar surface area (TPSA) is 17.1 Å². The smallest absolute Gasteiger partial charge is 0.160 e. The normalized spacial score (nSPS) is 11.3. The summed E-state index contributed by atoms with van der Waals surface area (Å²) >= 11 is 0. The van der Waals surface area contributed by atoms with E-state index in [1.54, 1.807) is 0 Å². The molecule has 0 saturated carbocycles. The molecule has 3 heteroatoms. The predicted octanol–water partition coefficient (Wildman–Crippen LogP) is 1.63. The minimum atomic E-state index is -0.328. The average Bonchev–Trinajstić information content (AvgIpc) is 2.38. The molecule has 0 aliphatic carbocycles. The Labute approximate surface area is 116 Å². The van der Waals surface area contributed by atoms with Crippen LogP contribution in [0.5, 0.6) is 0 Å². The lowest BCUT2D eigenvalue weighted by Gasteiger charge is -2.16. The molecule has 0 fully saturated rings. The van der Waals surface area contributed by atoms with E-state index in [9.17, 15) is 4.79 Å². The number of carbonyl (C=O) groups excluding carboxylic acids is 1. The highest BCUT2D eigenvalue weighted by atomic mass is 16.1. The van der Waals surface area contributed by atoms with Gasteiger partial charge in [0, 0.05) is 5.56 Å². The van der Waals surface area contributed by atoms with E-state index in [1.807, 2.05) is 46.0 Å². The molecule has 0 heterocycles. The molecule has 0 spiro atoms. The van der Waals surface area contributed by atoms with Crippen LogP contribution in [0.4, 0.5) is 0 Å². The fraction of sp³-hybridized carbons (Fsp3) is 0.188. The van der Waals surface area contributed by atoms with Crippen molar-refractivity contribution in [3.63, 3.8) is 0 Å². The van der Waals surface area contributed by atoms with Crippen LogP contribution in [0.3, 0.4) is 0 Å². The van der Waals surface area contributed by atoms with Crippen LogP contribution >= 0.6 is 0 Å². The number of carbonyl (C=O) groups is 1. The molecule has 0 N–H and O–H groups in total. The van der Waals surface area contributed by atoms with E-state index < -0.39 is 0 Å². The number of rotatable bonds is 3. The SMILES string of the molecule is Bc1ccc(-c2ccc(C(=O)C(B)(C)C)cc2)cc1. The fourth-order valence-electron chi connectivity index (χ4n) is 1.99. The molecular formula is C16H18B2O. The van der Waals surface area contributed by atoms with Crippen LogP contribution in [0.1, 0.15) is 24.2 Å². The first-order valence-corrected chi connectivity index (χ1v) is 6.60. The highest BCUT2D eigenvalue weighted by molar-refractivity contribution is 6.32. The Balaban J connectivity index is 2.28. The zero-order valence-electron chi connectivity index (χ0n) is 12.0. The van der Waals surface area contributed by atoms with E-state index in [1.165, 1.54) is 11.0 Å². The lowest BCUT2D eigenvalue weighted by Crippen LogP contribution is -2.17. The highest BCUT2D eigenvalue weighted by Gasteiger charge is 2.22. The van der Waals surface area contributed by atoms with Gasteiger partial charge in [0.05, 0.1) is 0 Å². The molecule has 0 bridgehead atoms. The summed E-state index contributed by atoms with van der Waals surface area (Å²) in [4.78, 5) is 12.2. The summed E-state index contributed by atoms with van der Waals surface area (Å²) in [6.45, 7) is 3.90. The van der Waals surface area contributed by atoms with Gasteiger partial charge >= 0.3 is 0 Å². The molecule has 0 saturated heterocycles. The van der Waals surface area contributed by atoms with E-state index in [4.69, 9.17) is 0 Å². The van der Waals surface area contributed by atoms with Crippen molar-refractivity contribution in [2.45, 2.75) is 19.2 Å². The lowest BCUT2D eigenvalue weighted by atomic mass is 9.67. The van der Waals surface area contributed by atoms with Gasteiger partial charge in [-0.15, -0.1) is 0 Å². The summed E-state index contributed by atoms with van der Waals surface area (Å²) in [5, 5.41) is -0.328. The first-order chi connectivity index (χ1) is 8.88. The standard InChI is InChI=1S/C16H18B2O/c1-16(2,18)15(19)13-5-3-11(4-6-13)12-7-9-14(17)10-8-12/h3-10H,17-18H2,1-2H3. The molecule has 2 rings (SSSR count). The second kappa shape index (κ2) is 5.08. The quantitative estimate of drug-likeness (QED) is 0.595. The lowest BCUT2D eigenvalue weighted by molar-refractivity contribution is 0.0949. The van der Waals surface area contributed by atoms with Crippen LogP contribution in [0.25, 0.3) is 11.1 Å². The Hall–Kier alpha value is -1.76. The minimum absolute atomic E-state index is 0.183. The van der Waals surface area contributed by atoms with Crippen LogP contribution in [-0.4, -0.2) is 21.5 Å². The van der Waals surface area contributed by atoms with E-state index in [0.29, 0.717) is 0 Å². The third-order valence-electron chi connectivity index (χ3n) is 3.21. The molecule has 0 radical (unpaired) electrons. The minimum Gasteiger partial charge on any atom is -0.294 e. The number of benzene rings is 2. The summed E-state index contributed by atoms with van der Waals surface area (Å²) in [6, 6.07) is 16.3. The van der Waals surface area contributed by atoms with Crippen molar-refractivity contribution in [1.29, 1.82) is 0 Å². The second-order valence-corrected chi connectivity index (χ2v) is 6.02. The molecule has 0 atom stereocenters. The molecule has 1 nitrogen and oxygen atoms in total. The van der Waals surface area contributed by atoms with E-state index >= 15 is 0 Å². The van der Waals surface area contributed by atoms with Gasteiger partial charge in [-0.3, -0.25) is 4.79 Å². The van der Waals surface area contributed by atoms with Crippen molar-refractivity contribution in [3.8, 4) is 11.1 Å². The van der Waals surface area contributed by atoms with Gasteiger partial charge in [0.2, 0.25) is 0 Å². The van der Waals surface area contributed by atoms with Gasteiger partial charge in [-0.05, 0) is 16.4 Å². The van der Waals surface area contributed by atoms with E-state index in [0.717, 1.165) is 11.1 Å². The number of hydrogen-bond acceptors (Lipinski definition) is 1. The van der Waals surface area contributed by atoms with Crippen molar-refractivity contribution in [2.75, 3.05) is 0 Å². The Bertz CT molecular complexity index is 578. The summed E-state index contributed by atoms with van der Waals surface area (Å²) in [5.41, 5.74) is 4.36. The maximum Gasteiger partial charge on any atom is 0.160 e. The largest absolute Gasteiger partial charge is 0.294 e. The summed E-state index contributed by atoms with van der Waals surface area (Å²) in [7, 11) is 4.03. The first-order valence-electron chi connectivity index (χ1n) is 6.60. The van der Waals surface area contributed by atoms with Crippen LogP contribution in [0.2, 0.25) is 5.31 Å². The zero-order chi connectivity index (χ0) is 14.0. The first kappa shape index (κ1) is 13.7. The predicted molar refractivity (Wildman–Crippen MR) is 87.0 cm³/mol. The van der Waals surface area contributed by atoms with Crippen LogP contribution in [0, 0.1) is 0 Å². The van der Waals surface area contributed by atoms with Crippen molar-refractivity contribution >= 4 is 26.9 Å². The Morgan fingerprint density at radius 2 is 1.32 bits per heavy atom. The monoisotopic (exact) mass is 248 g/mol. The maximum absolute atomic E-state index is 12.2. The average molecular weight is 248 g/mol. The summed E-state index contributed by atoms with van der Waals surface area (Å²) in [6.07, 6.45) is 0. The zero-order valence-corrected chi connectivity index (χ0v) is 12.0. The Kier molecular flexibility index (Phi) is 3.66. The Morgan fingerprint density at radius 3 is 1.74 bits per heavy atom. The van der Waals surface area contributed by atoms with E-state index in [2.05, 4.69) is 32.1 Å². The molecule has 0 amide bonds. The molecule has 94 valence electrons.